The summed E-state index contributed by atoms with van der Waals surface area (Å²) in [6, 6.07) is 0. The Morgan fingerprint density at radius 2 is 0.462 bits per heavy atom. The van der Waals surface area contributed by atoms with Crippen LogP contribution in [0.2, 0.25) is 0 Å². The minimum atomic E-state index is -4.95. The van der Waals surface area contributed by atoms with E-state index in [0.29, 0.717) is 37.5 Å². The molecule has 0 spiro atoms. The molecule has 0 aromatic carbocycles. The average Bonchev–Trinajstić information content (AvgIpc) is 3.54. The summed E-state index contributed by atoms with van der Waals surface area (Å²) >= 11 is 0. The van der Waals surface area contributed by atoms with Crippen LogP contribution in [0.4, 0.5) is 0 Å². The Balaban J connectivity index is 5.21. The standard InChI is InChI=1S/C72H140O17P2/c1-62(2)48-40-32-24-19-15-12-10-9-11-13-17-21-27-36-44-52-69(74)82-58-67(88-71(76)54-46-38-28-22-18-14-16-20-25-33-41-49-63(3)4)60-86-90(78,79)84-56-66(73)57-85-91(80,81)87-61-68(89-72(77)55-47-39-31-30-35-43-51-65(7)8)59-83-70(75)53-45-37-29-23-26-34-42-50-64(5)6/h62-68,73H,9-61H2,1-8H3,(H,78,79)(H,80,81)/t66?,67-,68-/m1/s1. The van der Waals surface area contributed by atoms with Gasteiger partial charge in [-0.1, -0.05) is 306 Å². The van der Waals surface area contributed by atoms with Gasteiger partial charge in [-0.3, -0.25) is 37.3 Å². The second kappa shape index (κ2) is 61.6. The molecule has 19 heteroatoms. The van der Waals surface area contributed by atoms with Crippen LogP contribution in [0.3, 0.4) is 0 Å². The fourth-order valence-electron chi connectivity index (χ4n) is 10.8. The number of hydrogen-bond acceptors (Lipinski definition) is 15. The lowest BCUT2D eigenvalue weighted by atomic mass is 10.0. The Morgan fingerprint density at radius 3 is 0.681 bits per heavy atom. The van der Waals surface area contributed by atoms with Crippen LogP contribution in [0, 0.1) is 23.7 Å². The fourth-order valence-corrected chi connectivity index (χ4v) is 12.4. The largest absolute Gasteiger partial charge is 0.472 e. The van der Waals surface area contributed by atoms with E-state index in [1.807, 2.05) is 0 Å². The number of phosphoric ester groups is 2. The summed E-state index contributed by atoms with van der Waals surface area (Å²) in [5.41, 5.74) is 0. The summed E-state index contributed by atoms with van der Waals surface area (Å²) in [5, 5.41) is 10.6. The number of carbonyl (C=O) groups excluding carboxylic acids is 4. The van der Waals surface area contributed by atoms with E-state index in [-0.39, 0.29) is 25.7 Å². The highest BCUT2D eigenvalue weighted by molar-refractivity contribution is 7.47. The molecule has 0 radical (unpaired) electrons. The van der Waals surface area contributed by atoms with Gasteiger partial charge in [-0.25, -0.2) is 9.13 Å². The maximum absolute atomic E-state index is 13.0. The number of ether oxygens (including phenoxy) is 4. The van der Waals surface area contributed by atoms with Gasteiger partial charge in [0.15, 0.2) is 12.2 Å². The smallest absolute Gasteiger partial charge is 0.462 e. The molecule has 5 atom stereocenters. The van der Waals surface area contributed by atoms with Crippen molar-refractivity contribution in [3.63, 3.8) is 0 Å². The Hall–Kier alpha value is -1.94. The fraction of sp³-hybridized carbons (Fsp3) is 0.944. The first kappa shape index (κ1) is 89.1. The zero-order valence-electron chi connectivity index (χ0n) is 59.5. The number of phosphoric acid groups is 2. The molecule has 91 heavy (non-hydrogen) atoms. The Labute approximate surface area is 556 Å². The molecule has 0 amide bonds. The molecule has 0 bridgehead atoms. The summed E-state index contributed by atoms with van der Waals surface area (Å²) in [6.07, 6.45) is 44.8. The SMILES string of the molecule is CC(C)CCCCCCCCCCCCCCCCCC(=O)OC[C@H](COP(=O)(O)OCC(O)COP(=O)(O)OC[C@@H](COC(=O)CCCCCCCCCC(C)C)OC(=O)CCCCCCCCC(C)C)OC(=O)CCCCCCCCCCCCCC(C)C. The van der Waals surface area contributed by atoms with Crippen LogP contribution in [-0.4, -0.2) is 96.7 Å². The van der Waals surface area contributed by atoms with Crippen molar-refractivity contribution in [1.82, 2.24) is 0 Å². The van der Waals surface area contributed by atoms with Crippen molar-refractivity contribution < 1.29 is 80.2 Å². The van der Waals surface area contributed by atoms with E-state index < -0.39 is 97.5 Å². The number of esters is 4. The quantitative estimate of drug-likeness (QED) is 0.0222. The Morgan fingerprint density at radius 1 is 0.275 bits per heavy atom. The normalized spacial score (nSPS) is 14.2. The molecule has 0 saturated carbocycles. The van der Waals surface area contributed by atoms with Crippen molar-refractivity contribution in [1.29, 1.82) is 0 Å². The van der Waals surface area contributed by atoms with E-state index in [1.165, 1.54) is 154 Å². The van der Waals surface area contributed by atoms with Crippen molar-refractivity contribution in [3.05, 3.63) is 0 Å². The van der Waals surface area contributed by atoms with Crippen LogP contribution in [0.1, 0.15) is 357 Å². The lowest BCUT2D eigenvalue weighted by Crippen LogP contribution is -2.30. The van der Waals surface area contributed by atoms with Gasteiger partial charge in [0.2, 0.25) is 0 Å². The van der Waals surface area contributed by atoms with Crippen LogP contribution in [0.15, 0.2) is 0 Å². The number of unbranched alkanes of at least 4 members (excludes halogenated alkanes) is 35. The molecule has 0 rings (SSSR count). The van der Waals surface area contributed by atoms with Crippen LogP contribution in [-0.2, 0) is 65.4 Å². The average molecular weight is 1340 g/mol. The molecule has 17 nitrogen and oxygen atoms in total. The maximum atomic E-state index is 13.0. The van der Waals surface area contributed by atoms with Gasteiger partial charge in [-0.05, 0) is 49.4 Å². The summed E-state index contributed by atoms with van der Waals surface area (Å²) in [5.74, 6) is 0.814. The van der Waals surface area contributed by atoms with E-state index in [0.717, 1.165) is 108 Å². The van der Waals surface area contributed by atoms with Gasteiger partial charge in [-0.2, -0.15) is 0 Å². The first-order valence-corrected chi connectivity index (χ1v) is 40.2. The molecule has 0 aliphatic heterocycles. The highest BCUT2D eigenvalue weighted by Gasteiger charge is 2.30. The summed E-state index contributed by atoms with van der Waals surface area (Å²) in [7, 11) is -9.90. The predicted octanol–water partition coefficient (Wildman–Crippen LogP) is 20.5. The molecule has 3 unspecified atom stereocenters. The number of hydrogen-bond donors (Lipinski definition) is 3. The summed E-state index contributed by atoms with van der Waals surface area (Å²) < 4.78 is 68.3. The third-order valence-electron chi connectivity index (χ3n) is 16.6. The molecule has 0 heterocycles. The number of aliphatic hydroxyl groups excluding tert-OH is 1. The predicted molar refractivity (Wildman–Crippen MR) is 367 cm³/mol. The van der Waals surface area contributed by atoms with Crippen LogP contribution >= 0.6 is 15.6 Å². The first-order valence-electron chi connectivity index (χ1n) is 37.2. The van der Waals surface area contributed by atoms with Crippen molar-refractivity contribution in [2.45, 2.75) is 375 Å². The third-order valence-corrected chi connectivity index (χ3v) is 18.5. The molecule has 0 aliphatic rings. The third kappa shape index (κ3) is 66.5. The highest BCUT2D eigenvalue weighted by atomic mass is 31.2. The molecular formula is C72H140O17P2. The summed E-state index contributed by atoms with van der Waals surface area (Å²) in [4.78, 5) is 72.5. The zero-order chi connectivity index (χ0) is 67.5. The Bertz CT molecular complexity index is 1800. The first-order chi connectivity index (χ1) is 43.6. The van der Waals surface area contributed by atoms with Gasteiger partial charge in [0.05, 0.1) is 26.4 Å². The monoisotopic (exact) mass is 1340 g/mol. The van der Waals surface area contributed by atoms with Gasteiger partial charge >= 0.3 is 39.5 Å². The van der Waals surface area contributed by atoms with Crippen molar-refractivity contribution in [2.75, 3.05) is 39.6 Å². The van der Waals surface area contributed by atoms with Gasteiger partial charge < -0.3 is 33.8 Å². The van der Waals surface area contributed by atoms with E-state index in [2.05, 4.69) is 55.4 Å². The lowest BCUT2D eigenvalue weighted by molar-refractivity contribution is -0.161. The topological polar surface area (TPSA) is 237 Å². The van der Waals surface area contributed by atoms with E-state index in [4.69, 9.17) is 37.0 Å². The second-order valence-electron chi connectivity index (χ2n) is 27.9. The van der Waals surface area contributed by atoms with E-state index in [9.17, 15) is 43.2 Å². The molecule has 0 fully saturated rings. The minimum Gasteiger partial charge on any atom is -0.462 e. The highest BCUT2D eigenvalue weighted by Crippen LogP contribution is 2.45. The van der Waals surface area contributed by atoms with Gasteiger partial charge in [0, 0.05) is 25.7 Å². The second-order valence-corrected chi connectivity index (χ2v) is 30.8. The molecule has 0 aromatic rings. The van der Waals surface area contributed by atoms with Crippen molar-refractivity contribution >= 4 is 39.5 Å². The summed E-state index contributed by atoms with van der Waals surface area (Å²) in [6.45, 7) is 14.0. The number of carbonyl (C=O) groups is 4. The molecule has 0 saturated heterocycles. The van der Waals surface area contributed by atoms with Gasteiger partial charge in [-0.15, -0.1) is 0 Å². The number of aliphatic hydroxyl groups is 1. The molecule has 0 aliphatic carbocycles. The van der Waals surface area contributed by atoms with Gasteiger partial charge in [0.1, 0.15) is 19.3 Å². The van der Waals surface area contributed by atoms with Crippen LogP contribution in [0.5, 0.6) is 0 Å². The van der Waals surface area contributed by atoms with E-state index in [1.54, 1.807) is 0 Å². The van der Waals surface area contributed by atoms with Crippen molar-refractivity contribution in [2.24, 2.45) is 23.7 Å². The van der Waals surface area contributed by atoms with Crippen LogP contribution in [0.25, 0.3) is 0 Å². The maximum Gasteiger partial charge on any atom is 0.472 e. The van der Waals surface area contributed by atoms with Gasteiger partial charge in [0.25, 0.3) is 0 Å². The molecular weight excluding hydrogens is 1200 g/mol. The molecule has 540 valence electrons. The molecule has 3 N–H and O–H groups in total. The molecule has 0 aromatic heterocycles. The number of rotatable bonds is 69. The van der Waals surface area contributed by atoms with Crippen LogP contribution < -0.4 is 0 Å². The minimum absolute atomic E-state index is 0.101. The lowest BCUT2D eigenvalue weighted by Gasteiger charge is -2.21. The van der Waals surface area contributed by atoms with Crippen molar-refractivity contribution in [3.8, 4) is 0 Å². The Kier molecular flexibility index (Phi) is 60.3. The van der Waals surface area contributed by atoms with E-state index >= 15 is 0 Å². The zero-order valence-corrected chi connectivity index (χ0v) is 61.3.